The molecule has 1 aliphatic rings. The first-order valence-electron chi connectivity index (χ1n) is 9.29. The van der Waals surface area contributed by atoms with Crippen LogP contribution < -0.4 is 16.4 Å². The van der Waals surface area contributed by atoms with Crippen molar-refractivity contribution in [2.75, 3.05) is 25.0 Å². The maximum absolute atomic E-state index is 11.6. The second kappa shape index (κ2) is 10.0. The minimum absolute atomic E-state index is 0.0507. The molecule has 6 nitrogen and oxygen atoms in total. The highest BCUT2D eigenvalue weighted by Crippen LogP contribution is 2.15. The summed E-state index contributed by atoms with van der Waals surface area (Å²) < 4.78 is 0. The standard InChI is InChI=1S/C19H31N5O/c1-3-6-18(25)23-16-10-8-15(9-11-16)13-21-19(20)22-14-17-7-5-12-24(17)4-2/h8-11,17H,3-7,12-14H2,1-2H3,(H,23,25)(H3,20,21,22). The quantitative estimate of drug-likeness (QED) is 0.499. The van der Waals surface area contributed by atoms with Crippen LogP contribution in [0.2, 0.25) is 0 Å². The van der Waals surface area contributed by atoms with E-state index >= 15 is 0 Å². The number of nitrogens with two attached hydrogens (primary N) is 1. The second-order valence-corrected chi connectivity index (χ2v) is 6.50. The lowest BCUT2D eigenvalue weighted by Crippen LogP contribution is -2.42. The van der Waals surface area contributed by atoms with E-state index in [-0.39, 0.29) is 5.91 Å². The van der Waals surface area contributed by atoms with Gasteiger partial charge in [0.1, 0.15) is 0 Å². The van der Waals surface area contributed by atoms with E-state index in [1.807, 2.05) is 31.2 Å². The molecule has 0 bridgehead atoms. The fourth-order valence-corrected chi connectivity index (χ4v) is 3.14. The summed E-state index contributed by atoms with van der Waals surface area (Å²) in [5, 5.41) is 6.12. The Balaban J connectivity index is 1.77. The molecule has 1 amide bonds. The number of likely N-dealkylation sites (tertiary alicyclic amines) is 1. The van der Waals surface area contributed by atoms with Crippen LogP contribution in [0.5, 0.6) is 0 Å². The number of guanidine groups is 1. The van der Waals surface area contributed by atoms with Crippen molar-refractivity contribution in [1.82, 2.24) is 10.2 Å². The van der Waals surface area contributed by atoms with E-state index in [1.165, 1.54) is 19.4 Å². The Labute approximate surface area is 150 Å². The molecule has 1 atom stereocenters. The van der Waals surface area contributed by atoms with Crippen molar-refractivity contribution < 1.29 is 4.79 Å². The van der Waals surface area contributed by atoms with Crippen molar-refractivity contribution in [3.05, 3.63) is 29.8 Å². The zero-order chi connectivity index (χ0) is 18.1. The van der Waals surface area contributed by atoms with E-state index in [2.05, 4.69) is 27.4 Å². The van der Waals surface area contributed by atoms with Gasteiger partial charge in [0, 0.05) is 24.7 Å². The molecule has 0 radical (unpaired) electrons. The Bertz CT molecular complexity index is 570. The summed E-state index contributed by atoms with van der Waals surface area (Å²) in [4.78, 5) is 18.5. The second-order valence-electron chi connectivity index (χ2n) is 6.50. The Morgan fingerprint density at radius 3 is 2.76 bits per heavy atom. The van der Waals surface area contributed by atoms with Crippen LogP contribution in [0.4, 0.5) is 5.69 Å². The number of rotatable bonds is 8. The molecule has 1 aromatic carbocycles. The van der Waals surface area contributed by atoms with Crippen LogP contribution in [0.25, 0.3) is 0 Å². The minimum Gasteiger partial charge on any atom is -0.370 e. The molecule has 1 aromatic rings. The topological polar surface area (TPSA) is 82.8 Å². The highest BCUT2D eigenvalue weighted by Gasteiger charge is 2.22. The first-order chi connectivity index (χ1) is 12.1. The predicted octanol–water partition coefficient (Wildman–Crippen LogP) is 2.31. The first kappa shape index (κ1) is 19.2. The molecular formula is C19H31N5O. The Morgan fingerprint density at radius 2 is 2.08 bits per heavy atom. The highest BCUT2D eigenvalue weighted by atomic mass is 16.1. The van der Waals surface area contributed by atoms with E-state index in [0.717, 1.165) is 30.8 Å². The number of hydrogen-bond acceptors (Lipinski definition) is 3. The van der Waals surface area contributed by atoms with E-state index < -0.39 is 0 Å². The largest absolute Gasteiger partial charge is 0.370 e. The molecule has 1 unspecified atom stereocenters. The third kappa shape index (κ3) is 6.38. The minimum atomic E-state index is 0.0507. The molecule has 4 N–H and O–H groups in total. The van der Waals surface area contributed by atoms with Crippen LogP contribution in [-0.2, 0) is 11.3 Å². The summed E-state index contributed by atoms with van der Waals surface area (Å²) >= 11 is 0. The van der Waals surface area contributed by atoms with Gasteiger partial charge in [-0.2, -0.15) is 0 Å². The van der Waals surface area contributed by atoms with Gasteiger partial charge < -0.3 is 16.4 Å². The maximum atomic E-state index is 11.6. The summed E-state index contributed by atoms with van der Waals surface area (Å²) in [6, 6.07) is 8.30. The average molecular weight is 345 g/mol. The number of amides is 1. The van der Waals surface area contributed by atoms with Gasteiger partial charge in [-0.05, 0) is 50.0 Å². The van der Waals surface area contributed by atoms with Gasteiger partial charge in [-0.25, -0.2) is 4.99 Å². The molecule has 0 aromatic heterocycles. The molecule has 6 heteroatoms. The van der Waals surface area contributed by atoms with Gasteiger partial charge in [0.05, 0.1) is 6.54 Å². The van der Waals surface area contributed by atoms with E-state index in [9.17, 15) is 4.79 Å². The van der Waals surface area contributed by atoms with Crippen LogP contribution in [0.1, 0.15) is 45.1 Å². The van der Waals surface area contributed by atoms with Crippen LogP contribution in [0.15, 0.2) is 29.3 Å². The fraction of sp³-hybridized carbons (Fsp3) is 0.579. The van der Waals surface area contributed by atoms with E-state index in [4.69, 9.17) is 5.73 Å². The number of aliphatic imine (C=N–C) groups is 1. The average Bonchev–Trinajstić information content (AvgIpc) is 3.07. The third-order valence-corrected chi connectivity index (χ3v) is 4.57. The summed E-state index contributed by atoms with van der Waals surface area (Å²) in [5.41, 5.74) is 7.86. The summed E-state index contributed by atoms with van der Waals surface area (Å²) in [6.45, 7) is 7.84. The van der Waals surface area contributed by atoms with E-state index in [1.54, 1.807) is 0 Å². The lowest BCUT2D eigenvalue weighted by atomic mass is 10.2. The summed E-state index contributed by atoms with van der Waals surface area (Å²) in [7, 11) is 0. The molecule has 1 aliphatic heterocycles. The number of carbonyl (C=O) groups is 1. The molecule has 1 fully saturated rings. The normalized spacial score (nSPS) is 18.3. The summed E-state index contributed by atoms with van der Waals surface area (Å²) in [5.74, 6) is 0.540. The van der Waals surface area contributed by atoms with Crippen LogP contribution in [0.3, 0.4) is 0 Å². The molecule has 0 saturated carbocycles. The molecule has 1 saturated heterocycles. The Morgan fingerprint density at radius 1 is 1.32 bits per heavy atom. The molecule has 1 heterocycles. The number of carbonyl (C=O) groups excluding carboxylic acids is 1. The van der Waals surface area contributed by atoms with Crippen molar-refractivity contribution in [3.8, 4) is 0 Å². The van der Waals surface area contributed by atoms with Gasteiger partial charge >= 0.3 is 0 Å². The SMILES string of the molecule is CCCC(=O)Nc1ccc(CN=C(N)NCC2CCCN2CC)cc1. The molecule has 0 aliphatic carbocycles. The van der Waals surface area contributed by atoms with Gasteiger partial charge in [-0.3, -0.25) is 9.69 Å². The monoisotopic (exact) mass is 345 g/mol. The number of nitrogens with zero attached hydrogens (tertiary/aromatic N) is 2. The van der Waals surface area contributed by atoms with Crippen LogP contribution in [-0.4, -0.2) is 42.4 Å². The number of nitrogens with one attached hydrogen (secondary N) is 2. The van der Waals surface area contributed by atoms with Crippen molar-refractivity contribution in [2.24, 2.45) is 10.7 Å². The van der Waals surface area contributed by atoms with Gasteiger partial charge in [-0.15, -0.1) is 0 Å². The first-order valence-corrected chi connectivity index (χ1v) is 9.29. The Hall–Kier alpha value is -2.08. The van der Waals surface area contributed by atoms with Crippen molar-refractivity contribution in [3.63, 3.8) is 0 Å². The molecule has 25 heavy (non-hydrogen) atoms. The fourth-order valence-electron chi connectivity index (χ4n) is 3.14. The van der Waals surface area contributed by atoms with Gasteiger partial charge in [0.25, 0.3) is 0 Å². The van der Waals surface area contributed by atoms with Crippen LogP contribution in [0, 0.1) is 0 Å². The number of likely N-dealkylation sites (N-methyl/N-ethyl adjacent to an activating group) is 1. The smallest absolute Gasteiger partial charge is 0.224 e. The number of benzene rings is 1. The maximum Gasteiger partial charge on any atom is 0.224 e. The molecule has 138 valence electrons. The Kier molecular flexibility index (Phi) is 7.73. The lowest BCUT2D eigenvalue weighted by Gasteiger charge is -2.23. The third-order valence-electron chi connectivity index (χ3n) is 4.57. The summed E-state index contributed by atoms with van der Waals surface area (Å²) in [6.07, 6.45) is 3.88. The molecule has 0 spiro atoms. The van der Waals surface area contributed by atoms with E-state index in [0.29, 0.717) is 25.0 Å². The van der Waals surface area contributed by atoms with Gasteiger partial charge in [0.2, 0.25) is 5.91 Å². The van der Waals surface area contributed by atoms with Crippen LogP contribution >= 0.6 is 0 Å². The predicted molar refractivity (Wildman–Crippen MR) is 104 cm³/mol. The highest BCUT2D eigenvalue weighted by molar-refractivity contribution is 5.90. The zero-order valence-electron chi connectivity index (χ0n) is 15.4. The van der Waals surface area contributed by atoms with Gasteiger partial charge in [-0.1, -0.05) is 26.0 Å². The van der Waals surface area contributed by atoms with Crippen molar-refractivity contribution >= 4 is 17.6 Å². The zero-order valence-corrected chi connectivity index (χ0v) is 15.4. The number of anilines is 1. The van der Waals surface area contributed by atoms with Crippen molar-refractivity contribution in [2.45, 2.75) is 52.1 Å². The number of hydrogen-bond donors (Lipinski definition) is 3. The molecule has 2 rings (SSSR count). The van der Waals surface area contributed by atoms with Gasteiger partial charge in [0.15, 0.2) is 5.96 Å². The van der Waals surface area contributed by atoms with Crippen molar-refractivity contribution in [1.29, 1.82) is 0 Å². The molecular weight excluding hydrogens is 314 g/mol. The lowest BCUT2D eigenvalue weighted by molar-refractivity contribution is -0.116.